The molecular formula is C13H17N3O. The molecular weight excluding hydrogens is 214 g/mol. The molecule has 2 aliphatic heterocycles. The van der Waals surface area contributed by atoms with E-state index < -0.39 is 0 Å². The Morgan fingerprint density at radius 3 is 2.71 bits per heavy atom. The fourth-order valence-electron chi connectivity index (χ4n) is 2.76. The molecule has 0 atom stereocenters. The molecule has 0 saturated carbocycles. The number of hydrogen-bond acceptors (Lipinski definition) is 2. The molecule has 1 aromatic carbocycles. The van der Waals surface area contributed by atoms with Gasteiger partial charge in [0.05, 0.1) is 11.4 Å². The van der Waals surface area contributed by atoms with Crippen molar-refractivity contribution in [3.8, 4) is 0 Å². The van der Waals surface area contributed by atoms with Gasteiger partial charge in [-0.3, -0.25) is 4.90 Å². The van der Waals surface area contributed by atoms with Crippen LogP contribution in [0.25, 0.3) is 0 Å². The van der Waals surface area contributed by atoms with Crippen LogP contribution >= 0.6 is 0 Å². The van der Waals surface area contributed by atoms with E-state index >= 15 is 0 Å². The van der Waals surface area contributed by atoms with Crippen LogP contribution in [-0.4, -0.2) is 30.6 Å². The van der Waals surface area contributed by atoms with Gasteiger partial charge >= 0.3 is 6.03 Å². The van der Waals surface area contributed by atoms with Crippen LogP contribution in [0.1, 0.15) is 18.4 Å². The maximum atomic E-state index is 12.4. The molecule has 0 aromatic heterocycles. The normalized spacial score (nSPS) is 18.6. The lowest BCUT2D eigenvalue weighted by molar-refractivity contribution is 0.216. The second-order valence-corrected chi connectivity index (χ2v) is 4.73. The van der Waals surface area contributed by atoms with Crippen molar-refractivity contribution in [2.75, 3.05) is 30.3 Å². The summed E-state index contributed by atoms with van der Waals surface area (Å²) in [6.45, 7) is 2.54. The average molecular weight is 231 g/mol. The summed E-state index contributed by atoms with van der Waals surface area (Å²) in [5.74, 6) is 0. The van der Waals surface area contributed by atoms with Crippen molar-refractivity contribution in [2.24, 2.45) is 0 Å². The number of likely N-dealkylation sites (tertiary alicyclic amines) is 1. The van der Waals surface area contributed by atoms with E-state index in [0.29, 0.717) is 5.69 Å². The van der Waals surface area contributed by atoms with Gasteiger partial charge in [0.25, 0.3) is 0 Å². The zero-order valence-electron chi connectivity index (χ0n) is 9.85. The predicted octanol–water partition coefficient (Wildman–Crippen LogP) is 1.85. The minimum Gasteiger partial charge on any atom is -0.397 e. The standard InChI is InChI=1S/C13H17N3O/c14-11-5-3-4-10-6-9-16(12(10)11)13(17)15-7-1-2-8-15/h3-5H,1-2,6-9,14H2. The molecule has 2 N–H and O–H groups in total. The van der Waals surface area contributed by atoms with Crippen molar-refractivity contribution in [1.82, 2.24) is 4.90 Å². The summed E-state index contributed by atoms with van der Waals surface area (Å²) < 4.78 is 0. The Balaban J connectivity index is 1.90. The third kappa shape index (κ3) is 1.64. The van der Waals surface area contributed by atoms with Gasteiger partial charge in [0.2, 0.25) is 0 Å². The number of carbonyl (C=O) groups excluding carboxylic acids is 1. The maximum Gasteiger partial charge on any atom is 0.324 e. The number of rotatable bonds is 0. The number of hydrogen-bond donors (Lipinski definition) is 1. The number of urea groups is 1. The second-order valence-electron chi connectivity index (χ2n) is 4.73. The number of benzene rings is 1. The molecule has 17 heavy (non-hydrogen) atoms. The molecule has 1 saturated heterocycles. The summed E-state index contributed by atoms with van der Waals surface area (Å²) >= 11 is 0. The number of fused-ring (bicyclic) bond motifs is 1. The minimum absolute atomic E-state index is 0.124. The molecule has 1 fully saturated rings. The van der Waals surface area contributed by atoms with E-state index in [-0.39, 0.29) is 6.03 Å². The summed E-state index contributed by atoms with van der Waals surface area (Å²) in [6, 6.07) is 6.01. The Bertz CT molecular complexity index is 452. The van der Waals surface area contributed by atoms with Crippen LogP contribution in [-0.2, 0) is 6.42 Å². The fraction of sp³-hybridized carbons (Fsp3) is 0.462. The summed E-state index contributed by atoms with van der Waals surface area (Å²) in [7, 11) is 0. The quantitative estimate of drug-likeness (QED) is 0.693. The lowest BCUT2D eigenvalue weighted by Gasteiger charge is -2.25. The number of nitrogen functional groups attached to an aromatic ring is 1. The highest BCUT2D eigenvalue weighted by molar-refractivity contribution is 5.97. The lowest BCUT2D eigenvalue weighted by Crippen LogP contribution is -2.41. The van der Waals surface area contributed by atoms with Crippen LogP contribution in [0, 0.1) is 0 Å². The predicted molar refractivity (Wildman–Crippen MR) is 68.1 cm³/mol. The summed E-state index contributed by atoms with van der Waals surface area (Å²) in [4.78, 5) is 16.1. The summed E-state index contributed by atoms with van der Waals surface area (Å²) in [6.07, 6.45) is 3.16. The Hall–Kier alpha value is -1.71. The van der Waals surface area contributed by atoms with Crippen molar-refractivity contribution in [1.29, 1.82) is 0 Å². The molecule has 0 spiro atoms. The number of anilines is 2. The number of nitrogens with two attached hydrogens (primary N) is 1. The van der Waals surface area contributed by atoms with Crippen LogP contribution in [0.15, 0.2) is 18.2 Å². The molecule has 1 aromatic rings. The van der Waals surface area contributed by atoms with Crippen molar-refractivity contribution >= 4 is 17.4 Å². The van der Waals surface area contributed by atoms with Crippen LogP contribution in [0.5, 0.6) is 0 Å². The smallest absolute Gasteiger partial charge is 0.324 e. The summed E-state index contributed by atoms with van der Waals surface area (Å²) in [5, 5.41) is 0. The largest absolute Gasteiger partial charge is 0.397 e. The topological polar surface area (TPSA) is 49.6 Å². The molecule has 0 bridgehead atoms. The number of carbonyl (C=O) groups is 1. The van der Waals surface area contributed by atoms with Crippen molar-refractivity contribution in [3.63, 3.8) is 0 Å². The zero-order chi connectivity index (χ0) is 11.8. The van der Waals surface area contributed by atoms with Gasteiger partial charge in [0.1, 0.15) is 0 Å². The van der Waals surface area contributed by atoms with Gasteiger partial charge in [0, 0.05) is 19.6 Å². The van der Waals surface area contributed by atoms with Crippen LogP contribution in [0.4, 0.5) is 16.2 Å². The Morgan fingerprint density at radius 1 is 1.18 bits per heavy atom. The third-order valence-corrected chi connectivity index (χ3v) is 3.63. The van der Waals surface area contributed by atoms with Gasteiger partial charge in [-0.1, -0.05) is 12.1 Å². The Kier molecular flexibility index (Phi) is 2.42. The van der Waals surface area contributed by atoms with Gasteiger partial charge in [-0.25, -0.2) is 4.79 Å². The SMILES string of the molecule is Nc1cccc2c1N(C(=O)N1CCCC1)CC2. The molecule has 90 valence electrons. The number of nitrogens with zero attached hydrogens (tertiary/aromatic N) is 2. The van der Waals surface area contributed by atoms with E-state index in [1.165, 1.54) is 5.56 Å². The van der Waals surface area contributed by atoms with E-state index in [1.807, 2.05) is 21.9 Å². The van der Waals surface area contributed by atoms with Gasteiger partial charge in [-0.05, 0) is 30.9 Å². The average Bonchev–Trinajstić information content (AvgIpc) is 2.98. The van der Waals surface area contributed by atoms with Gasteiger partial charge in [0.15, 0.2) is 0 Å². The molecule has 2 amide bonds. The van der Waals surface area contributed by atoms with E-state index in [0.717, 1.165) is 44.6 Å². The Morgan fingerprint density at radius 2 is 1.94 bits per heavy atom. The zero-order valence-corrected chi connectivity index (χ0v) is 9.85. The highest BCUT2D eigenvalue weighted by atomic mass is 16.2. The first-order valence-electron chi connectivity index (χ1n) is 6.21. The minimum atomic E-state index is 0.124. The van der Waals surface area contributed by atoms with Gasteiger partial charge in [-0.15, -0.1) is 0 Å². The third-order valence-electron chi connectivity index (χ3n) is 3.63. The van der Waals surface area contributed by atoms with E-state index in [2.05, 4.69) is 6.07 Å². The molecule has 4 nitrogen and oxygen atoms in total. The van der Waals surface area contributed by atoms with Crippen molar-refractivity contribution in [2.45, 2.75) is 19.3 Å². The lowest BCUT2D eigenvalue weighted by atomic mass is 10.1. The molecule has 0 aliphatic carbocycles. The van der Waals surface area contributed by atoms with Gasteiger partial charge < -0.3 is 10.6 Å². The Labute approximate surface area is 101 Å². The first-order chi connectivity index (χ1) is 8.27. The van der Waals surface area contributed by atoms with E-state index in [1.54, 1.807) is 0 Å². The maximum absolute atomic E-state index is 12.4. The summed E-state index contributed by atoms with van der Waals surface area (Å²) in [5.41, 5.74) is 8.83. The monoisotopic (exact) mass is 231 g/mol. The molecule has 0 unspecified atom stereocenters. The molecule has 0 radical (unpaired) electrons. The van der Waals surface area contributed by atoms with Crippen LogP contribution in [0.2, 0.25) is 0 Å². The number of amides is 2. The molecule has 4 heteroatoms. The van der Waals surface area contributed by atoms with Crippen LogP contribution in [0.3, 0.4) is 0 Å². The molecule has 3 rings (SSSR count). The van der Waals surface area contributed by atoms with Crippen LogP contribution < -0.4 is 10.6 Å². The van der Waals surface area contributed by atoms with Gasteiger partial charge in [-0.2, -0.15) is 0 Å². The fourth-order valence-corrected chi connectivity index (χ4v) is 2.76. The first-order valence-corrected chi connectivity index (χ1v) is 6.21. The second kappa shape index (κ2) is 3.95. The molecule has 2 aliphatic rings. The van der Waals surface area contributed by atoms with E-state index in [4.69, 9.17) is 5.73 Å². The highest BCUT2D eigenvalue weighted by Gasteiger charge is 2.30. The van der Waals surface area contributed by atoms with Crippen molar-refractivity contribution in [3.05, 3.63) is 23.8 Å². The first kappa shape index (κ1) is 10.4. The highest BCUT2D eigenvalue weighted by Crippen LogP contribution is 2.34. The van der Waals surface area contributed by atoms with Crippen molar-refractivity contribution < 1.29 is 4.79 Å². The number of para-hydroxylation sites is 1. The molecule has 2 heterocycles. The van der Waals surface area contributed by atoms with E-state index in [9.17, 15) is 4.79 Å².